The highest BCUT2D eigenvalue weighted by atomic mass is 79.9. The molecule has 0 radical (unpaired) electrons. The van der Waals surface area contributed by atoms with Crippen LogP contribution in [0.3, 0.4) is 0 Å². The minimum Gasteiger partial charge on any atom is -0.380 e. The molecule has 0 amide bonds. The fraction of sp³-hybridized carbons (Fsp3) is 0.538. The Morgan fingerprint density at radius 3 is 2.58 bits per heavy atom. The molecule has 1 aromatic rings. The van der Waals surface area contributed by atoms with Crippen LogP contribution in [0.25, 0.3) is 0 Å². The Morgan fingerprint density at radius 1 is 1.37 bits per heavy atom. The molecule has 0 saturated carbocycles. The van der Waals surface area contributed by atoms with Crippen LogP contribution in [0.5, 0.6) is 0 Å². The van der Waals surface area contributed by atoms with Crippen molar-refractivity contribution in [3.63, 3.8) is 0 Å². The van der Waals surface area contributed by atoms with Gasteiger partial charge in [-0.15, -0.1) is 0 Å². The summed E-state index contributed by atoms with van der Waals surface area (Å²) in [5.41, 5.74) is 0. The zero-order valence-electron chi connectivity index (χ0n) is 11.4. The quantitative estimate of drug-likeness (QED) is 0.823. The molecule has 1 rings (SSSR count). The molecule has 0 saturated heterocycles. The number of sulfonamides is 1. The smallest absolute Gasteiger partial charge is 0.240 e. The van der Waals surface area contributed by atoms with Crippen LogP contribution in [0.15, 0.2) is 33.6 Å². The van der Waals surface area contributed by atoms with Gasteiger partial charge in [-0.1, -0.05) is 35.8 Å². The summed E-state index contributed by atoms with van der Waals surface area (Å²) in [7, 11) is -3.52. The predicted octanol–water partition coefficient (Wildman–Crippen LogP) is 2.79. The molecule has 6 heteroatoms. The Kier molecular flexibility index (Phi) is 6.46. The summed E-state index contributed by atoms with van der Waals surface area (Å²) in [6.07, 6.45) is 0. The average Bonchev–Trinajstić information content (AvgIpc) is 2.34. The van der Waals surface area contributed by atoms with Crippen molar-refractivity contribution in [1.82, 2.24) is 4.72 Å². The minimum absolute atomic E-state index is 0.161. The number of benzene rings is 1. The van der Waals surface area contributed by atoms with Gasteiger partial charge in [0.05, 0.1) is 11.5 Å². The van der Waals surface area contributed by atoms with E-state index in [4.69, 9.17) is 4.74 Å². The van der Waals surface area contributed by atoms with E-state index in [1.54, 1.807) is 24.3 Å². The Labute approximate surface area is 123 Å². The van der Waals surface area contributed by atoms with E-state index in [1.165, 1.54) is 0 Å². The van der Waals surface area contributed by atoms with Crippen molar-refractivity contribution in [3.05, 3.63) is 28.7 Å². The first-order chi connectivity index (χ1) is 8.86. The maximum atomic E-state index is 12.3. The molecule has 0 aromatic heterocycles. The Bertz CT molecular complexity index is 502. The van der Waals surface area contributed by atoms with Crippen LogP contribution >= 0.6 is 15.9 Å². The number of hydrogen-bond donors (Lipinski definition) is 1. The third-order valence-corrected chi connectivity index (χ3v) is 4.70. The van der Waals surface area contributed by atoms with Gasteiger partial charge >= 0.3 is 0 Å². The van der Waals surface area contributed by atoms with Crippen LogP contribution in [0.4, 0.5) is 0 Å². The largest absolute Gasteiger partial charge is 0.380 e. The van der Waals surface area contributed by atoms with Gasteiger partial charge in [0, 0.05) is 17.1 Å². The minimum atomic E-state index is -3.52. The molecule has 0 bridgehead atoms. The molecule has 0 heterocycles. The highest BCUT2D eigenvalue weighted by Crippen LogP contribution is 2.17. The van der Waals surface area contributed by atoms with Gasteiger partial charge in [-0.2, -0.15) is 0 Å². The zero-order chi connectivity index (χ0) is 14.5. The summed E-state index contributed by atoms with van der Waals surface area (Å²) in [6.45, 7) is 6.77. The first-order valence-electron chi connectivity index (χ1n) is 6.22. The van der Waals surface area contributed by atoms with Gasteiger partial charge in [-0.25, -0.2) is 13.1 Å². The van der Waals surface area contributed by atoms with E-state index in [0.717, 1.165) is 4.47 Å². The van der Waals surface area contributed by atoms with Gasteiger partial charge in [0.2, 0.25) is 10.0 Å². The predicted molar refractivity (Wildman–Crippen MR) is 79.6 cm³/mol. The third-order valence-electron chi connectivity index (χ3n) is 2.72. The second-order valence-corrected chi connectivity index (χ2v) is 7.22. The molecule has 1 aromatic carbocycles. The highest BCUT2D eigenvalue weighted by molar-refractivity contribution is 9.10. The van der Waals surface area contributed by atoms with Gasteiger partial charge in [0.15, 0.2) is 0 Å². The average molecular weight is 350 g/mol. The van der Waals surface area contributed by atoms with Crippen LogP contribution in [0.1, 0.15) is 20.8 Å². The van der Waals surface area contributed by atoms with Gasteiger partial charge in [-0.3, -0.25) is 0 Å². The van der Waals surface area contributed by atoms with Gasteiger partial charge in [-0.05, 0) is 31.0 Å². The molecule has 1 unspecified atom stereocenters. The summed E-state index contributed by atoms with van der Waals surface area (Å²) in [5, 5.41) is 0. The van der Waals surface area contributed by atoms with Gasteiger partial charge in [0.25, 0.3) is 0 Å². The molecule has 1 atom stereocenters. The zero-order valence-corrected chi connectivity index (χ0v) is 13.8. The molecular formula is C13H20BrNO3S. The molecule has 1 N–H and O–H groups in total. The van der Waals surface area contributed by atoms with Crippen LogP contribution in [-0.4, -0.2) is 27.7 Å². The summed E-state index contributed by atoms with van der Waals surface area (Å²) in [6, 6.07) is 6.42. The lowest BCUT2D eigenvalue weighted by Crippen LogP contribution is -2.41. The highest BCUT2D eigenvalue weighted by Gasteiger charge is 2.22. The number of hydrogen-bond acceptors (Lipinski definition) is 3. The van der Waals surface area contributed by atoms with Crippen LogP contribution in [-0.2, 0) is 14.8 Å². The van der Waals surface area contributed by atoms with Crippen molar-refractivity contribution in [1.29, 1.82) is 0 Å². The molecule has 0 spiro atoms. The van der Waals surface area contributed by atoms with Crippen molar-refractivity contribution >= 4 is 26.0 Å². The van der Waals surface area contributed by atoms with E-state index in [0.29, 0.717) is 13.2 Å². The molecule has 4 nitrogen and oxygen atoms in total. The molecule has 0 aliphatic heterocycles. The maximum absolute atomic E-state index is 12.3. The van der Waals surface area contributed by atoms with E-state index in [9.17, 15) is 8.42 Å². The number of halogens is 1. The second kappa shape index (κ2) is 7.38. The topological polar surface area (TPSA) is 55.4 Å². The number of rotatable bonds is 7. The number of nitrogens with one attached hydrogen (secondary N) is 1. The molecule has 19 heavy (non-hydrogen) atoms. The SMILES string of the molecule is CCOCC(NS(=O)(=O)c1cccc(Br)c1)C(C)C. The molecular weight excluding hydrogens is 330 g/mol. The standard InChI is InChI=1S/C13H20BrNO3S/c1-4-18-9-13(10(2)3)15-19(16,17)12-7-5-6-11(14)8-12/h5-8,10,13,15H,4,9H2,1-3H3. The van der Waals surface area contributed by atoms with Crippen molar-refractivity contribution in [2.75, 3.05) is 13.2 Å². The summed E-state index contributed by atoms with van der Waals surface area (Å²) < 4.78 is 33.3. The second-order valence-electron chi connectivity index (χ2n) is 4.59. The Hall–Kier alpha value is -0.430. The van der Waals surface area contributed by atoms with Crippen molar-refractivity contribution in [3.8, 4) is 0 Å². The van der Waals surface area contributed by atoms with Crippen molar-refractivity contribution in [2.45, 2.75) is 31.7 Å². The van der Waals surface area contributed by atoms with E-state index < -0.39 is 10.0 Å². The van der Waals surface area contributed by atoms with E-state index >= 15 is 0 Å². The Morgan fingerprint density at radius 2 is 2.05 bits per heavy atom. The van der Waals surface area contributed by atoms with Gasteiger partial charge in [0.1, 0.15) is 0 Å². The third kappa shape index (κ3) is 5.22. The number of ether oxygens (including phenoxy) is 1. The lowest BCUT2D eigenvalue weighted by molar-refractivity contribution is 0.116. The first-order valence-corrected chi connectivity index (χ1v) is 8.50. The fourth-order valence-electron chi connectivity index (χ4n) is 1.51. The first kappa shape index (κ1) is 16.6. The van der Waals surface area contributed by atoms with Gasteiger partial charge < -0.3 is 4.74 Å². The Balaban J connectivity index is 2.88. The van der Waals surface area contributed by atoms with Crippen LogP contribution < -0.4 is 4.72 Å². The fourth-order valence-corrected chi connectivity index (χ4v) is 3.47. The van der Waals surface area contributed by atoms with Crippen LogP contribution in [0, 0.1) is 5.92 Å². The summed E-state index contributed by atoms with van der Waals surface area (Å²) in [5.74, 6) is 0.161. The van der Waals surface area contributed by atoms with E-state index in [-0.39, 0.29) is 16.9 Å². The monoisotopic (exact) mass is 349 g/mol. The normalized spacial score (nSPS) is 13.7. The maximum Gasteiger partial charge on any atom is 0.240 e. The molecule has 0 aliphatic rings. The molecule has 0 aliphatic carbocycles. The van der Waals surface area contributed by atoms with E-state index in [1.807, 2.05) is 20.8 Å². The van der Waals surface area contributed by atoms with E-state index in [2.05, 4.69) is 20.7 Å². The van der Waals surface area contributed by atoms with Crippen LogP contribution in [0.2, 0.25) is 0 Å². The van der Waals surface area contributed by atoms with Crippen molar-refractivity contribution < 1.29 is 13.2 Å². The molecule has 108 valence electrons. The summed E-state index contributed by atoms with van der Waals surface area (Å²) >= 11 is 3.27. The van der Waals surface area contributed by atoms with Crippen molar-refractivity contribution in [2.24, 2.45) is 5.92 Å². The summed E-state index contributed by atoms with van der Waals surface area (Å²) in [4.78, 5) is 0.254. The molecule has 0 fully saturated rings. The lowest BCUT2D eigenvalue weighted by Gasteiger charge is -2.22. The lowest BCUT2D eigenvalue weighted by atomic mass is 10.1.